The van der Waals surface area contributed by atoms with E-state index in [9.17, 15) is 20.4 Å². The molecule has 1 heterocycles. The molecule has 1 fully saturated rings. The number of aliphatic hydroxyl groups excluding tert-OH is 4. The number of benzene rings is 2. The van der Waals surface area contributed by atoms with Crippen molar-refractivity contribution in [3.8, 4) is 5.75 Å². The smallest absolute Gasteiger partial charge is 0.119 e. The van der Waals surface area contributed by atoms with Gasteiger partial charge in [-0.3, -0.25) is 0 Å². The zero-order chi connectivity index (χ0) is 20.3. The lowest BCUT2D eigenvalue weighted by Gasteiger charge is -2.40. The van der Waals surface area contributed by atoms with Crippen molar-refractivity contribution in [2.24, 2.45) is 0 Å². The second-order valence-electron chi connectivity index (χ2n) is 6.85. The quantitative estimate of drug-likeness (QED) is 0.582. The monoisotopic (exact) mass is 408 g/mol. The van der Waals surface area contributed by atoms with Crippen LogP contribution in [-0.4, -0.2) is 58.1 Å². The van der Waals surface area contributed by atoms with Gasteiger partial charge in [0.1, 0.15) is 36.3 Å². The molecule has 1 aliphatic heterocycles. The van der Waals surface area contributed by atoms with Gasteiger partial charge in [0.15, 0.2) is 0 Å². The van der Waals surface area contributed by atoms with Crippen LogP contribution in [0.1, 0.15) is 29.7 Å². The van der Waals surface area contributed by atoms with Gasteiger partial charge in [-0.15, -0.1) is 0 Å². The third-order valence-electron chi connectivity index (χ3n) is 4.92. The molecule has 1 aliphatic rings. The molecule has 0 bridgehead atoms. The van der Waals surface area contributed by atoms with Crippen molar-refractivity contribution in [1.29, 1.82) is 0 Å². The minimum absolute atomic E-state index is 0.464. The third-order valence-corrected chi connectivity index (χ3v) is 5.29. The summed E-state index contributed by atoms with van der Waals surface area (Å²) in [5.41, 5.74) is 2.49. The van der Waals surface area contributed by atoms with Crippen molar-refractivity contribution >= 4 is 11.6 Å². The van der Waals surface area contributed by atoms with Gasteiger partial charge in [0.05, 0.1) is 13.2 Å². The first kappa shape index (κ1) is 21.0. The fraction of sp³-hybridized carbons (Fsp3) is 0.429. The van der Waals surface area contributed by atoms with Crippen LogP contribution in [0.3, 0.4) is 0 Å². The van der Waals surface area contributed by atoms with Gasteiger partial charge in [-0.25, -0.2) is 0 Å². The van der Waals surface area contributed by atoms with Crippen molar-refractivity contribution in [2.75, 3.05) is 13.2 Å². The van der Waals surface area contributed by atoms with Crippen molar-refractivity contribution in [3.05, 3.63) is 64.2 Å². The molecule has 0 radical (unpaired) electrons. The van der Waals surface area contributed by atoms with Gasteiger partial charge in [0, 0.05) is 5.02 Å². The highest BCUT2D eigenvalue weighted by molar-refractivity contribution is 6.31. The summed E-state index contributed by atoms with van der Waals surface area (Å²) in [7, 11) is 0. The van der Waals surface area contributed by atoms with Gasteiger partial charge in [-0.1, -0.05) is 35.9 Å². The first-order chi connectivity index (χ1) is 13.4. The summed E-state index contributed by atoms with van der Waals surface area (Å²) in [5, 5.41) is 40.3. The van der Waals surface area contributed by atoms with E-state index in [-0.39, 0.29) is 0 Å². The molecule has 1 saturated heterocycles. The van der Waals surface area contributed by atoms with E-state index in [1.165, 1.54) is 0 Å². The average molecular weight is 409 g/mol. The Morgan fingerprint density at radius 1 is 1.00 bits per heavy atom. The first-order valence-corrected chi connectivity index (χ1v) is 9.63. The van der Waals surface area contributed by atoms with Crippen LogP contribution in [0, 0.1) is 0 Å². The molecule has 0 saturated carbocycles. The summed E-state index contributed by atoms with van der Waals surface area (Å²) >= 11 is 6.35. The van der Waals surface area contributed by atoms with E-state index < -0.39 is 37.1 Å². The van der Waals surface area contributed by atoms with Gasteiger partial charge < -0.3 is 29.9 Å². The van der Waals surface area contributed by atoms with Crippen molar-refractivity contribution in [1.82, 2.24) is 0 Å². The molecule has 28 heavy (non-hydrogen) atoms. The Bertz CT molecular complexity index is 779. The predicted molar refractivity (Wildman–Crippen MR) is 105 cm³/mol. The van der Waals surface area contributed by atoms with E-state index in [4.69, 9.17) is 21.1 Å². The van der Waals surface area contributed by atoms with Crippen LogP contribution >= 0.6 is 11.6 Å². The average Bonchev–Trinajstić information content (AvgIpc) is 2.70. The summed E-state index contributed by atoms with van der Waals surface area (Å²) in [6, 6.07) is 12.9. The van der Waals surface area contributed by atoms with Crippen molar-refractivity contribution in [3.63, 3.8) is 0 Å². The second kappa shape index (κ2) is 9.22. The normalized spacial score (nSPS) is 27.6. The van der Waals surface area contributed by atoms with E-state index in [2.05, 4.69) is 0 Å². The van der Waals surface area contributed by atoms with E-state index in [1.807, 2.05) is 37.3 Å². The number of hydrogen-bond acceptors (Lipinski definition) is 6. The van der Waals surface area contributed by atoms with Crippen molar-refractivity contribution < 1.29 is 29.9 Å². The zero-order valence-corrected chi connectivity index (χ0v) is 16.3. The fourth-order valence-electron chi connectivity index (χ4n) is 3.37. The molecule has 2 unspecified atom stereocenters. The maximum atomic E-state index is 10.3. The van der Waals surface area contributed by atoms with E-state index >= 15 is 0 Å². The lowest BCUT2D eigenvalue weighted by Crippen LogP contribution is -2.55. The van der Waals surface area contributed by atoms with Crippen LogP contribution in [0.4, 0.5) is 0 Å². The summed E-state index contributed by atoms with van der Waals surface area (Å²) in [5.74, 6) is 0.799. The molecule has 4 N–H and O–H groups in total. The molecule has 0 aromatic heterocycles. The molecule has 6 nitrogen and oxygen atoms in total. The molecule has 3 rings (SSSR count). The summed E-state index contributed by atoms with van der Waals surface area (Å²) in [6.07, 6.45) is -5.39. The van der Waals surface area contributed by atoms with E-state index in [0.29, 0.717) is 23.6 Å². The molecular formula is C21H25ClO6. The second-order valence-corrected chi connectivity index (χ2v) is 7.26. The van der Waals surface area contributed by atoms with Crippen LogP contribution in [0.2, 0.25) is 5.02 Å². The van der Waals surface area contributed by atoms with Crippen LogP contribution in [0.15, 0.2) is 42.5 Å². The topological polar surface area (TPSA) is 99.4 Å². The Morgan fingerprint density at radius 2 is 1.71 bits per heavy atom. The first-order valence-electron chi connectivity index (χ1n) is 9.25. The van der Waals surface area contributed by atoms with Gasteiger partial charge >= 0.3 is 0 Å². The lowest BCUT2D eigenvalue weighted by atomic mass is 9.90. The predicted octanol–water partition coefficient (Wildman–Crippen LogP) is 1.84. The Labute approximate surface area is 168 Å². The summed E-state index contributed by atoms with van der Waals surface area (Å²) < 4.78 is 11.1. The molecule has 152 valence electrons. The number of hydrogen-bond donors (Lipinski definition) is 4. The van der Waals surface area contributed by atoms with Crippen LogP contribution in [0.25, 0.3) is 0 Å². The Hall–Kier alpha value is -1.67. The summed E-state index contributed by atoms with van der Waals surface area (Å²) in [4.78, 5) is 0. The molecule has 0 spiro atoms. The molecule has 2 aromatic carbocycles. The van der Waals surface area contributed by atoms with Gasteiger partial charge in [-0.2, -0.15) is 0 Å². The number of aliphatic hydroxyl groups is 4. The lowest BCUT2D eigenvalue weighted by molar-refractivity contribution is -0.231. The third kappa shape index (κ3) is 4.49. The molecule has 0 aliphatic carbocycles. The minimum atomic E-state index is -1.42. The van der Waals surface area contributed by atoms with Gasteiger partial charge in [-0.05, 0) is 48.2 Å². The highest BCUT2D eigenvalue weighted by Crippen LogP contribution is 2.34. The number of ether oxygens (including phenoxy) is 2. The highest BCUT2D eigenvalue weighted by atomic mass is 35.5. The minimum Gasteiger partial charge on any atom is -0.494 e. The zero-order valence-electron chi connectivity index (χ0n) is 15.5. The molecule has 7 heteroatoms. The van der Waals surface area contributed by atoms with Crippen LogP contribution in [0.5, 0.6) is 5.75 Å². The van der Waals surface area contributed by atoms with Crippen molar-refractivity contribution in [2.45, 2.75) is 43.9 Å². The number of rotatable bonds is 6. The highest BCUT2D eigenvalue weighted by Gasteiger charge is 2.43. The Kier molecular flexibility index (Phi) is 6.93. The largest absolute Gasteiger partial charge is 0.494 e. The Morgan fingerprint density at radius 3 is 2.36 bits per heavy atom. The SMILES string of the molecule is CCOc1ccc(Cc2cc(C3O[C@H](CO)C(O)[C@H](O)[C@@H]3O)ccc2Cl)cc1. The van der Waals surface area contributed by atoms with E-state index in [1.54, 1.807) is 12.1 Å². The van der Waals surface area contributed by atoms with E-state index in [0.717, 1.165) is 16.9 Å². The maximum absolute atomic E-state index is 10.3. The molecule has 5 atom stereocenters. The molecule has 0 amide bonds. The Balaban J connectivity index is 1.82. The standard InChI is InChI=1S/C21H25ClO6/c1-2-27-15-6-3-12(4-7-15)9-14-10-13(5-8-16(14)22)21-20(26)19(25)18(24)17(11-23)28-21/h3-8,10,17-21,23-26H,2,9,11H2,1H3/t17-,18?,19+,20+,21?/m1/s1. The summed E-state index contributed by atoms with van der Waals surface area (Å²) in [6.45, 7) is 2.07. The molecule has 2 aromatic rings. The van der Waals surface area contributed by atoms with Crippen LogP contribution < -0.4 is 4.74 Å². The molecular weight excluding hydrogens is 384 g/mol. The van der Waals surface area contributed by atoms with Gasteiger partial charge in [0.2, 0.25) is 0 Å². The fourth-order valence-corrected chi connectivity index (χ4v) is 3.56. The number of halogens is 1. The van der Waals surface area contributed by atoms with Gasteiger partial charge in [0.25, 0.3) is 0 Å². The maximum Gasteiger partial charge on any atom is 0.119 e. The van der Waals surface area contributed by atoms with Crippen LogP contribution in [-0.2, 0) is 11.2 Å².